The van der Waals surface area contributed by atoms with Crippen molar-refractivity contribution in [2.75, 3.05) is 32.7 Å². The normalized spacial score (nSPS) is 19.8. The van der Waals surface area contributed by atoms with Crippen molar-refractivity contribution in [2.45, 2.75) is 25.7 Å². The summed E-state index contributed by atoms with van der Waals surface area (Å²) in [4.78, 5) is 18.0. The van der Waals surface area contributed by atoms with Crippen LogP contribution in [0.2, 0.25) is 0 Å². The molecular weight excluding hydrogens is 331 g/mol. The van der Waals surface area contributed by atoms with E-state index in [2.05, 4.69) is 15.6 Å². The highest BCUT2D eigenvalue weighted by Crippen LogP contribution is 2.08. The molecular formula is C11H21IN4O. The summed E-state index contributed by atoms with van der Waals surface area (Å²) >= 11 is 0. The Kier molecular flexibility index (Phi) is 6.61. The van der Waals surface area contributed by atoms with Gasteiger partial charge >= 0.3 is 0 Å². The minimum Gasteiger partial charge on any atom is -0.356 e. The van der Waals surface area contributed by atoms with Crippen LogP contribution in [-0.2, 0) is 4.79 Å². The third-order valence-corrected chi connectivity index (χ3v) is 3.01. The van der Waals surface area contributed by atoms with Gasteiger partial charge in [0.15, 0.2) is 5.96 Å². The summed E-state index contributed by atoms with van der Waals surface area (Å²) in [7, 11) is 0. The number of carbonyl (C=O) groups is 1. The SMILES string of the molecule is I.O=C(CNC1=NCCCN1)N1CCCCC1. The maximum absolute atomic E-state index is 11.8. The molecule has 1 saturated heterocycles. The number of halogens is 1. The fraction of sp³-hybridized carbons (Fsp3) is 0.818. The highest BCUT2D eigenvalue weighted by molar-refractivity contribution is 14.0. The Bertz CT molecular complexity index is 277. The number of rotatable bonds is 2. The highest BCUT2D eigenvalue weighted by atomic mass is 127. The van der Waals surface area contributed by atoms with E-state index < -0.39 is 0 Å². The van der Waals surface area contributed by atoms with Crippen molar-refractivity contribution in [1.29, 1.82) is 0 Å². The van der Waals surface area contributed by atoms with Crippen molar-refractivity contribution in [3.63, 3.8) is 0 Å². The summed E-state index contributed by atoms with van der Waals surface area (Å²) < 4.78 is 0. The summed E-state index contributed by atoms with van der Waals surface area (Å²) in [5.41, 5.74) is 0. The van der Waals surface area contributed by atoms with Crippen LogP contribution in [0.4, 0.5) is 0 Å². The molecule has 0 spiro atoms. The van der Waals surface area contributed by atoms with Crippen LogP contribution in [0.5, 0.6) is 0 Å². The molecule has 2 aliphatic heterocycles. The van der Waals surface area contributed by atoms with Gasteiger partial charge in [0, 0.05) is 26.2 Å². The van der Waals surface area contributed by atoms with E-state index in [1.54, 1.807) is 0 Å². The average Bonchev–Trinajstić information content (AvgIpc) is 2.38. The number of hydrogen-bond acceptors (Lipinski definition) is 4. The zero-order valence-corrected chi connectivity index (χ0v) is 12.4. The van der Waals surface area contributed by atoms with Gasteiger partial charge in [0.1, 0.15) is 0 Å². The number of amides is 1. The summed E-state index contributed by atoms with van der Waals surface area (Å²) in [6.07, 6.45) is 4.62. The summed E-state index contributed by atoms with van der Waals surface area (Å²) in [5, 5.41) is 6.21. The minimum atomic E-state index is 0. The number of nitrogens with one attached hydrogen (secondary N) is 2. The first-order valence-electron chi connectivity index (χ1n) is 6.16. The molecule has 0 radical (unpaired) electrons. The van der Waals surface area contributed by atoms with Gasteiger partial charge in [-0.15, -0.1) is 24.0 Å². The second-order valence-electron chi connectivity index (χ2n) is 4.31. The quantitative estimate of drug-likeness (QED) is 0.714. The lowest BCUT2D eigenvalue weighted by molar-refractivity contribution is -0.130. The van der Waals surface area contributed by atoms with Gasteiger partial charge in [0.25, 0.3) is 0 Å². The molecule has 0 saturated carbocycles. The maximum atomic E-state index is 11.8. The fourth-order valence-corrected chi connectivity index (χ4v) is 2.07. The first kappa shape index (κ1) is 14.5. The molecule has 5 nitrogen and oxygen atoms in total. The Morgan fingerprint density at radius 3 is 2.71 bits per heavy atom. The van der Waals surface area contributed by atoms with Gasteiger partial charge in [-0.3, -0.25) is 9.79 Å². The minimum absolute atomic E-state index is 0. The van der Waals surface area contributed by atoms with E-state index in [-0.39, 0.29) is 29.9 Å². The van der Waals surface area contributed by atoms with E-state index >= 15 is 0 Å². The molecule has 0 unspecified atom stereocenters. The molecule has 98 valence electrons. The molecule has 0 aromatic rings. The van der Waals surface area contributed by atoms with Gasteiger partial charge in [0.05, 0.1) is 6.54 Å². The van der Waals surface area contributed by atoms with Crippen LogP contribution in [0, 0.1) is 0 Å². The first-order valence-corrected chi connectivity index (χ1v) is 6.16. The number of likely N-dealkylation sites (tertiary alicyclic amines) is 1. The van der Waals surface area contributed by atoms with Crippen molar-refractivity contribution in [3.8, 4) is 0 Å². The lowest BCUT2D eigenvalue weighted by atomic mass is 10.1. The molecule has 17 heavy (non-hydrogen) atoms. The highest BCUT2D eigenvalue weighted by Gasteiger charge is 2.16. The molecule has 0 atom stereocenters. The summed E-state index contributed by atoms with van der Waals surface area (Å²) in [6.45, 7) is 4.00. The van der Waals surface area contributed by atoms with Crippen molar-refractivity contribution < 1.29 is 4.79 Å². The van der Waals surface area contributed by atoms with Gasteiger partial charge in [-0.05, 0) is 25.7 Å². The Morgan fingerprint density at radius 2 is 2.06 bits per heavy atom. The number of carbonyl (C=O) groups excluding carboxylic acids is 1. The Labute approximate surface area is 119 Å². The number of nitrogens with zero attached hydrogens (tertiary/aromatic N) is 2. The van der Waals surface area contributed by atoms with E-state index in [9.17, 15) is 4.79 Å². The number of guanidine groups is 1. The van der Waals surface area contributed by atoms with Crippen LogP contribution in [-0.4, -0.2) is 49.5 Å². The lowest BCUT2D eigenvalue weighted by Gasteiger charge is -2.27. The van der Waals surface area contributed by atoms with E-state index in [0.717, 1.165) is 51.4 Å². The predicted octanol–water partition coefficient (Wildman–Crippen LogP) is 0.556. The molecule has 2 N–H and O–H groups in total. The second kappa shape index (κ2) is 7.73. The molecule has 1 fully saturated rings. The van der Waals surface area contributed by atoms with Crippen LogP contribution in [0.15, 0.2) is 4.99 Å². The molecule has 6 heteroatoms. The summed E-state index contributed by atoms with van der Waals surface area (Å²) in [6, 6.07) is 0. The van der Waals surface area contributed by atoms with Crippen molar-refractivity contribution in [2.24, 2.45) is 4.99 Å². The topological polar surface area (TPSA) is 56.7 Å². The molecule has 2 rings (SSSR count). The predicted molar refractivity (Wildman–Crippen MR) is 78.8 cm³/mol. The van der Waals surface area contributed by atoms with Crippen LogP contribution in [0.25, 0.3) is 0 Å². The van der Waals surface area contributed by atoms with Gasteiger partial charge in [-0.25, -0.2) is 0 Å². The molecule has 0 aromatic heterocycles. The van der Waals surface area contributed by atoms with Crippen LogP contribution in [0.1, 0.15) is 25.7 Å². The first-order chi connectivity index (χ1) is 7.86. The van der Waals surface area contributed by atoms with Crippen LogP contribution in [0.3, 0.4) is 0 Å². The second-order valence-corrected chi connectivity index (χ2v) is 4.31. The van der Waals surface area contributed by atoms with E-state index in [1.165, 1.54) is 6.42 Å². The molecule has 0 aromatic carbocycles. The van der Waals surface area contributed by atoms with Crippen LogP contribution < -0.4 is 10.6 Å². The maximum Gasteiger partial charge on any atom is 0.241 e. The number of aliphatic imine (C=N–C) groups is 1. The van der Waals surface area contributed by atoms with Crippen LogP contribution >= 0.6 is 24.0 Å². The third-order valence-electron chi connectivity index (χ3n) is 3.01. The largest absolute Gasteiger partial charge is 0.356 e. The Hall–Kier alpha value is -0.530. The molecule has 1 amide bonds. The Morgan fingerprint density at radius 1 is 1.29 bits per heavy atom. The van der Waals surface area contributed by atoms with Gasteiger partial charge in [0.2, 0.25) is 5.91 Å². The summed E-state index contributed by atoms with van der Waals surface area (Å²) in [5.74, 6) is 0.964. The number of piperidine rings is 1. The zero-order valence-electron chi connectivity index (χ0n) is 10.1. The third kappa shape index (κ3) is 4.69. The van der Waals surface area contributed by atoms with E-state index in [1.807, 2.05) is 4.90 Å². The Balaban J connectivity index is 0.00000144. The lowest BCUT2D eigenvalue weighted by Crippen LogP contribution is -2.47. The van der Waals surface area contributed by atoms with Crippen molar-refractivity contribution in [1.82, 2.24) is 15.5 Å². The standard InChI is InChI=1S/C11H20N4O.HI/c16-10(15-7-2-1-3-8-15)9-14-11-12-5-4-6-13-11;/h1-9H2,(H2,12,13,14);1H. The van der Waals surface area contributed by atoms with E-state index in [0.29, 0.717) is 6.54 Å². The van der Waals surface area contributed by atoms with E-state index in [4.69, 9.17) is 0 Å². The van der Waals surface area contributed by atoms with Gasteiger partial charge < -0.3 is 15.5 Å². The zero-order chi connectivity index (χ0) is 11.2. The molecule has 2 aliphatic rings. The molecule has 0 aliphatic carbocycles. The van der Waals surface area contributed by atoms with Gasteiger partial charge in [-0.2, -0.15) is 0 Å². The number of hydrogen-bond donors (Lipinski definition) is 2. The smallest absolute Gasteiger partial charge is 0.241 e. The molecule has 0 bridgehead atoms. The fourth-order valence-electron chi connectivity index (χ4n) is 2.07. The monoisotopic (exact) mass is 352 g/mol. The molecule has 2 heterocycles. The average molecular weight is 352 g/mol. The van der Waals surface area contributed by atoms with Crippen molar-refractivity contribution in [3.05, 3.63) is 0 Å². The van der Waals surface area contributed by atoms with Gasteiger partial charge in [-0.1, -0.05) is 0 Å². The van der Waals surface area contributed by atoms with Crippen molar-refractivity contribution >= 4 is 35.8 Å².